The van der Waals surface area contributed by atoms with E-state index in [-0.39, 0.29) is 5.56 Å². The van der Waals surface area contributed by atoms with Crippen LogP contribution in [0.2, 0.25) is 0 Å². The van der Waals surface area contributed by atoms with E-state index in [2.05, 4.69) is 20.6 Å². The van der Waals surface area contributed by atoms with Crippen LogP contribution in [0.3, 0.4) is 0 Å². The van der Waals surface area contributed by atoms with Crippen LogP contribution in [0.1, 0.15) is 11.3 Å². The third kappa shape index (κ3) is 2.17. The van der Waals surface area contributed by atoms with Crippen molar-refractivity contribution in [3.63, 3.8) is 0 Å². The first-order valence-corrected chi connectivity index (χ1v) is 6.01. The molecule has 19 heavy (non-hydrogen) atoms. The molecule has 2 heterocycles. The summed E-state index contributed by atoms with van der Waals surface area (Å²) in [5, 5.41) is 6.18. The van der Waals surface area contributed by atoms with Gasteiger partial charge in [0, 0.05) is 13.1 Å². The van der Waals surface area contributed by atoms with Crippen LogP contribution in [-0.4, -0.2) is 17.1 Å². The second-order valence-electron chi connectivity index (χ2n) is 4.27. The summed E-state index contributed by atoms with van der Waals surface area (Å²) in [6.07, 6.45) is 0. The highest BCUT2D eigenvalue weighted by molar-refractivity contribution is 5.62. The number of aromatic nitrogens is 2. The molecule has 1 aromatic carbocycles. The molecule has 1 aliphatic heterocycles. The average Bonchev–Trinajstić information content (AvgIpc) is 2.88. The van der Waals surface area contributed by atoms with Gasteiger partial charge >= 0.3 is 0 Å². The molecule has 0 fully saturated rings. The third-order valence-electron chi connectivity index (χ3n) is 3.06. The molecule has 3 rings (SSSR count). The largest absolute Gasteiger partial charge is 0.495 e. The highest BCUT2D eigenvalue weighted by Gasteiger charge is 2.16. The van der Waals surface area contributed by atoms with E-state index in [1.807, 2.05) is 24.3 Å². The number of nitrogens with zero attached hydrogens (tertiary/aromatic N) is 1. The lowest BCUT2D eigenvalue weighted by Gasteiger charge is -2.10. The zero-order chi connectivity index (χ0) is 13.2. The molecule has 0 aliphatic carbocycles. The standard InChI is InChI=1S/C13H14N4O2/c1-19-11-5-3-2-4-9(11)15-13-16-10-7-14-6-8(10)12(18)17-13/h2-5,14H,6-7H2,1H3,(H2,15,16,17,18). The van der Waals surface area contributed by atoms with Crippen LogP contribution < -0.4 is 20.9 Å². The van der Waals surface area contributed by atoms with E-state index >= 15 is 0 Å². The average molecular weight is 258 g/mol. The van der Waals surface area contributed by atoms with Crippen molar-refractivity contribution in [2.24, 2.45) is 0 Å². The Kier molecular flexibility index (Phi) is 2.92. The summed E-state index contributed by atoms with van der Waals surface area (Å²) in [5.74, 6) is 1.13. The van der Waals surface area contributed by atoms with Crippen molar-refractivity contribution in [3.8, 4) is 5.75 Å². The van der Waals surface area contributed by atoms with Crippen molar-refractivity contribution in [3.05, 3.63) is 45.9 Å². The topological polar surface area (TPSA) is 79.0 Å². The molecule has 0 spiro atoms. The number of nitrogens with one attached hydrogen (secondary N) is 3. The molecule has 0 atom stereocenters. The van der Waals surface area contributed by atoms with Gasteiger partial charge in [0.25, 0.3) is 5.56 Å². The minimum atomic E-state index is -0.104. The van der Waals surface area contributed by atoms with Gasteiger partial charge in [-0.05, 0) is 12.1 Å². The molecule has 6 heteroatoms. The molecule has 1 aromatic heterocycles. The third-order valence-corrected chi connectivity index (χ3v) is 3.06. The van der Waals surface area contributed by atoms with Crippen LogP contribution >= 0.6 is 0 Å². The molecule has 1 aliphatic rings. The van der Waals surface area contributed by atoms with Crippen molar-refractivity contribution < 1.29 is 4.74 Å². The molecule has 6 nitrogen and oxygen atoms in total. The second-order valence-corrected chi connectivity index (χ2v) is 4.27. The minimum Gasteiger partial charge on any atom is -0.495 e. The molecule has 2 aromatic rings. The van der Waals surface area contributed by atoms with E-state index < -0.39 is 0 Å². The fourth-order valence-electron chi connectivity index (χ4n) is 2.11. The number of ether oxygens (including phenoxy) is 1. The van der Waals surface area contributed by atoms with Crippen LogP contribution in [0.5, 0.6) is 5.75 Å². The zero-order valence-electron chi connectivity index (χ0n) is 10.5. The second kappa shape index (κ2) is 4.74. The SMILES string of the molecule is COc1ccccc1Nc1nc2c(c(=O)[nH]1)CNC2. The highest BCUT2D eigenvalue weighted by Crippen LogP contribution is 2.25. The van der Waals surface area contributed by atoms with Crippen molar-refractivity contribution in [1.82, 2.24) is 15.3 Å². The van der Waals surface area contributed by atoms with E-state index in [1.54, 1.807) is 7.11 Å². The summed E-state index contributed by atoms with van der Waals surface area (Å²) in [4.78, 5) is 19.0. The first-order chi connectivity index (χ1) is 9.28. The fraction of sp³-hybridized carbons (Fsp3) is 0.231. The van der Waals surface area contributed by atoms with Crippen LogP contribution in [0.4, 0.5) is 11.6 Å². The van der Waals surface area contributed by atoms with Gasteiger partial charge in [-0.15, -0.1) is 0 Å². The molecule has 0 unspecified atom stereocenters. The van der Waals surface area contributed by atoms with E-state index in [9.17, 15) is 4.79 Å². The lowest BCUT2D eigenvalue weighted by molar-refractivity contribution is 0.417. The van der Waals surface area contributed by atoms with Gasteiger partial charge < -0.3 is 15.4 Å². The van der Waals surface area contributed by atoms with Gasteiger partial charge in [0.05, 0.1) is 24.1 Å². The summed E-state index contributed by atoms with van der Waals surface area (Å²) in [5.41, 5.74) is 2.16. The molecular formula is C13H14N4O2. The number of hydrogen-bond donors (Lipinski definition) is 3. The van der Waals surface area contributed by atoms with Gasteiger partial charge in [-0.3, -0.25) is 9.78 Å². The smallest absolute Gasteiger partial charge is 0.257 e. The first-order valence-electron chi connectivity index (χ1n) is 6.01. The van der Waals surface area contributed by atoms with Crippen molar-refractivity contribution in [1.29, 1.82) is 0 Å². The molecule has 0 radical (unpaired) electrons. The lowest BCUT2D eigenvalue weighted by atomic mass is 10.3. The number of fused-ring (bicyclic) bond motifs is 1. The molecule has 3 N–H and O–H groups in total. The van der Waals surface area contributed by atoms with Crippen molar-refractivity contribution >= 4 is 11.6 Å². The van der Waals surface area contributed by atoms with Crippen LogP contribution in [0.15, 0.2) is 29.1 Å². The predicted molar refractivity (Wildman–Crippen MR) is 71.7 cm³/mol. The summed E-state index contributed by atoms with van der Waals surface area (Å²) < 4.78 is 5.25. The van der Waals surface area contributed by atoms with Gasteiger partial charge in [0.1, 0.15) is 5.75 Å². The van der Waals surface area contributed by atoms with Gasteiger partial charge in [-0.2, -0.15) is 0 Å². The Morgan fingerprint density at radius 3 is 3.00 bits per heavy atom. The van der Waals surface area contributed by atoms with Crippen molar-refractivity contribution in [2.75, 3.05) is 12.4 Å². The number of para-hydroxylation sites is 2. The van der Waals surface area contributed by atoms with Crippen LogP contribution in [-0.2, 0) is 13.1 Å². The van der Waals surface area contributed by atoms with Gasteiger partial charge in [0.15, 0.2) is 0 Å². The first kappa shape index (κ1) is 11.7. The van der Waals surface area contributed by atoms with Gasteiger partial charge in [-0.1, -0.05) is 12.1 Å². The van der Waals surface area contributed by atoms with Gasteiger partial charge in [-0.25, -0.2) is 4.98 Å². The lowest BCUT2D eigenvalue weighted by Crippen LogP contribution is -2.16. The molecule has 0 saturated heterocycles. The summed E-state index contributed by atoms with van der Waals surface area (Å²) in [6, 6.07) is 7.48. The van der Waals surface area contributed by atoms with Gasteiger partial charge in [0.2, 0.25) is 5.95 Å². The Morgan fingerprint density at radius 2 is 2.16 bits per heavy atom. The normalized spacial score (nSPS) is 13.1. The number of rotatable bonds is 3. The molecule has 0 bridgehead atoms. The molecule has 0 amide bonds. The fourth-order valence-corrected chi connectivity index (χ4v) is 2.11. The number of H-pyrrole nitrogens is 1. The maximum atomic E-state index is 11.9. The Labute approximate surface area is 109 Å². The maximum Gasteiger partial charge on any atom is 0.257 e. The van der Waals surface area contributed by atoms with Crippen LogP contribution in [0.25, 0.3) is 0 Å². The Hall–Kier alpha value is -2.34. The number of anilines is 2. The van der Waals surface area contributed by atoms with E-state index in [0.29, 0.717) is 30.4 Å². The number of benzene rings is 1. The molecule has 98 valence electrons. The highest BCUT2D eigenvalue weighted by atomic mass is 16.5. The van der Waals surface area contributed by atoms with E-state index in [4.69, 9.17) is 4.74 Å². The number of methoxy groups -OCH3 is 1. The summed E-state index contributed by atoms with van der Waals surface area (Å²) >= 11 is 0. The van der Waals surface area contributed by atoms with Crippen LogP contribution in [0, 0.1) is 0 Å². The Bertz CT molecular complexity index is 666. The summed E-state index contributed by atoms with van der Waals surface area (Å²) in [7, 11) is 1.60. The monoisotopic (exact) mass is 258 g/mol. The van der Waals surface area contributed by atoms with E-state index in [0.717, 1.165) is 11.4 Å². The zero-order valence-corrected chi connectivity index (χ0v) is 10.5. The summed E-state index contributed by atoms with van der Waals surface area (Å²) in [6.45, 7) is 1.20. The number of hydrogen-bond acceptors (Lipinski definition) is 5. The Morgan fingerprint density at radius 1 is 1.32 bits per heavy atom. The van der Waals surface area contributed by atoms with Crippen molar-refractivity contribution in [2.45, 2.75) is 13.1 Å². The maximum absolute atomic E-state index is 11.9. The van der Waals surface area contributed by atoms with E-state index in [1.165, 1.54) is 0 Å². The molecule has 0 saturated carbocycles. The Balaban J connectivity index is 1.96. The minimum absolute atomic E-state index is 0.104. The molecular weight excluding hydrogens is 244 g/mol. The predicted octanol–water partition coefficient (Wildman–Crippen LogP) is 1.13. The number of aromatic amines is 1. The quantitative estimate of drug-likeness (QED) is 0.769.